The van der Waals surface area contributed by atoms with Crippen molar-refractivity contribution in [3.63, 3.8) is 0 Å². The number of rotatable bonds is 1. The largest absolute Gasteiger partial charge is 0.453 e. The second-order valence-corrected chi connectivity index (χ2v) is 5.92. The van der Waals surface area contributed by atoms with Gasteiger partial charge in [0.1, 0.15) is 5.69 Å². The van der Waals surface area contributed by atoms with Crippen molar-refractivity contribution in [2.45, 2.75) is 12.4 Å². The Morgan fingerprint density at radius 3 is 2.37 bits per heavy atom. The van der Waals surface area contributed by atoms with E-state index in [1.807, 2.05) is 0 Å². The number of aromatic nitrogens is 5. The number of benzene rings is 1. The summed E-state index contributed by atoms with van der Waals surface area (Å²) in [5.74, 6) is -1.56. The van der Waals surface area contributed by atoms with Gasteiger partial charge in [-0.25, -0.2) is 14.2 Å². The van der Waals surface area contributed by atoms with Gasteiger partial charge in [0.15, 0.2) is 5.65 Å². The van der Waals surface area contributed by atoms with E-state index in [-0.39, 0.29) is 10.5 Å². The van der Waals surface area contributed by atoms with Gasteiger partial charge in [0.05, 0.1) is 22.3 Å². The Labute approximate surface area is 150 Å². The fourth-order valence-corrected chi connectivity index (χ4v) is 2.96. The van der Waals surface area contributed by atoms with Gasteiger partial charge in [-0.1, -0.05) is 23.7 Å². The predicted octanol–water partition coefficient (Wildman–Crippen LogP) is 4.76. The third-order valence-electron chi connectivity index (χ3n) is 3.79. The molecule has 0 spiro atoms. The van der Waals surface area contributed by atoms with Crippen LogP contribution in [0.1, 0.15) is 11.4 Å². The fourth-order valence-electron chi connectivity index (χ4n) is 2.70. The minimum Gasteiger partial charge on any atom is -0.227 e. The Kier molecular flexibility index (Phi) is 3.64. The van der Waals surface area contributed by atoms with E-state index < -0.39 is 35.1 Å². The molecule has 0 saturated carbocycles. The normalized spacial score (nSPS) is 13.0. The average Bonchev–Trinajstić information content (AvgIpc) is 3.17. The van der Waals surface area contributed by atoms with Crippen LogP contribution in [0.4, 0.5) is 26.3 Å². The summed E-state index contributed by atoms with van der Waals surface area (Å²) in [6.07, 6.45) is -7.78. The quantitative estimate of drug-likeness (QED) is 0.429. The minimum absolute atomic E-state index is 0.0793. The van der Waals surface area contributed by atoms with Gasteiger partial charge in [-0.3, -0.25) is 0 Å². The first kappa shape index (κ1) is 17.6. The summed E-state index contributed by atoms with van der Waals surface area (Å²) in [6.45, 7) is 0. The van der Waals surface area contributed by atoms with Crippen LogP contribution in [-0.4, -0.2) is 24.4 Å². The summed E-state index contributed by atoms with van der Waals surface area (Å²) in [7, 11) is 0. The summed E-state index contributed by atoms with van der Waals surface area (Å²) < 4.78 is 81.0. The van der Waals surface area contributed by atoms with Crippen LogP contribution in [0.3, 0.4) is 0 Å². The molecule has 4 rings (SSSR count). The van der Waals surface area contributed by atoms with Gasteiger partial charge in [-0.05, 0) is 12.1 Å². The second kappa shape index (κ2) is 5.59. The van der Waals surface area contributed by atoms with Crippen LogP contribution < -0.4 is 0 Å². The van der Waals surface area contributed by atoms with Crippen LogP contribution in [0, 0.1) is 0 Å². The maximum atomic E-state index is 13.6. The summed E-state index contributed by atoms with van der Waals surface area (Å²) >= 11 is 6.08. The monoisotopic (exact) mass is 405 g/mol. The lowest BCUT2D eigenvalue weighted by atomic mass is 10.2. The predicted molar refractivity (Wildman–Crippen MR) is 82.6 cm³/mol. The molecular formula is C15H6ClF6N5. The highest BCUT2D eigenvalue weighted by atomic mass is 35.5. The first-order valence-electron chi connectivity index (χ1n) is 7.24. The highest BCUT2D eigenvalue weighted by molar-refractivity contribution is 6.35. The second-order valence-electron chi connectivity index (χ2n) is 5.51. The van der Waals surface area contributed by atoms with Gasteiger partial charge in [-0.15, -0.1) is 5.10 Å². The molecule has 140 valence electrons. The van der Waals surface area contributed by atoms with Crippen LogP contribution in [0.2, 0.25) is 5.02 Å². The van der Waals surface area contributed by atoms with E-state index in [2.05, 4.69) is 15.2 Å². The smallest absolute Gasteiger partial charge is 0.227 e. The van der Waals surface area contributed by atoms with E-state index in [4.69, 9.17) is 11.6 Å². The van der Waals surface area contributed by atoms with Crippen molar-refractivity contribution in [1.29, 1.82) is 0 Å². The third-order valence-corrected chi connectivity index (χ3v) is 4.10. The topological polar surface area (TPSA) is 48.0 Å². The minimum atomic E-state index is -4.93. The zero-order valence-electron chi connectivity index (χ0n) is 12.8. The SMILES string of the molecule is FC(F)(F)c1nc2c(-n3ncc4cccc(Cl)c43)c(C(F)(F)F)ccn2n1. The zero-order chi connectivity index (χ0) is 19.6. The Balaban J connectivity index is 2.14. The van der Waals surface area contributed by atoms with Crippen molar-refractivity contribution < 1.29 is 26.3 Å². The van der Waals surface area contributed by atoms with Crippen LogP contribution in [0.5, 0.6) is 0 Å². The molecule has 5 nitrogen and oxygen atoms in total. The van der Waals surface area contributed by atoms with E-state index >= 15 is 0 Å². The molecule has 0 aliphatic carbocycles. The van der Waals surface area contributed by atoms with E-state index in [0.29, 0.717) is 16.0 Å². The number of pyridine rings is 1. The lowest BCUT2D eigenvalue weighted by molar-refractivity contribution is -0.144. The van der Waals surface area contributed by atoms with Gasteiger partial charge in [0.2, 0.25) is 0 Å². The Bertz CT molecular complexity index is 1170. The molecule has 1 aromatic carbocycles. The Hall–Kier alpha value is -2.82. The van der Waals surface area contributed by atoms with Gasteiger partial charge in [-0.2, -0.15) is 31.4 Å². The molecule has 0 aliphatic rings. The molecule has 0 radical (unpaired) electrons. The number of fused-ring (bicyclic) bond motifs is 2. The fraction of sp³-hybridized carbons (Fsp3) is 0.133. The number of hydrogen-bond donors (Lipinski definition) is 0. The number of hydrogen-bond acceptors (Lipinski definition) is 3. The standard InChI is InChI=1S/C15H6ClF6N5/c16-9-3-1-2-7-6-23-27(10(7)9)11-8(14(17,18)19)4-5-26-12(11)24-13(25-26)15(20,21)22/h1-6H. The third kappa shape index (κ3) is 2.78. The summed E-state index contributed by atoms with van der Waals surface area (Å²) in [6, 6.07) is 5.17. The average molecular weight is 406 g/mol. The van der Waals surface area contributed by atoms with Gasteiger partial charge < -0.3 is 0 Å². The Morgan fingerprint density at radius 1 is 0.963 bits per heavy atom. The summed E-state index contributed by atoms with van der Waals surface area (Å²) in [5, 5.41) is 7.60. The van der Waals surface area contributed by atoms with E-state index in [1.54, 1.807) is 12.1 Å². The highest BCUT2D eigenvalue weighted by Crippen LogP contribution is 2.38. The molecule has 0 bridgehead atoms. The van der Waals surface area contributed by atoms with Crippen LogP contribution in [-0.2, 0) is 12.4 Å². The van der Waals surface area contributed by atoms with E-state index in [0.717, 1.165) is 10.9 Å². The molecule has 0 unspecified atom stereocenters. The highest BCUT2D eigenvalue weighted by Gasteiger charge is 2.40. The molecule has 3 aromatic heterocycles. The summed E-state index contributed by atoms with van der Waals surface area (Å²) in [5.41, 5.74) is -2.46. The first-order chi connectivity index (χ1) is 12.6. The lowest BCUT2D eigenvalue weighted by Gasteiger charge is -2.14. The molecule has 0 saturated heterocycles. The number of nitrogens with zero attached hydrogens (tertiary/aromatic N) is 5. The van der Waals surface area contributed by atoms with Crippen molar-refractivity contribution in [3.8, 4) is 5.69 Å². The van der Waals surface area contributed by atoms with Crippen molar-refractivity contribution >= 4 is 28.2 Å². The maximum Gasteiger partial charge on any atom is 0.453 e. The lowest BCUT2D eigenvalue weighted by Crippen LogP contribution is -2.13. The molecule has 0 aliphatic heterocycles. The van der Waals surface area contributed by atoms with E-state index in [9.17, 15) is 26.3 Å². The number of para-hydroxylation sites is 1. The van der Waals surface area contributed by atoms with Crippen LogP contribution in [0.15, 0.2) is 36.7 Å². The molecule has 0 atom stereocenters. The number of alkyl halides is 6. The van der Waals surface area contributed by atoms with Crippen LogP contribution >= 0.6 is 11.6 Å². The van der Waals surface area contributed by atoms with Crippen molar-refractivity contribution in [1.82, 2.24) is 24.4 Å². The van der Waals surface area contributed by atoms with Crippen molar-refractivity contribution in [3.05, 3.63) is 53.1 Å². The molecule has 3 heterocycles. The van der Waals surface area contributed by atoms with Crippen molar-refractivity contribution in [2.75, 3.05) is 0 Å². The molecule has 4 aromatic rings. The number of halogens is 7. The van der Waals surface area contributed by atoms with Crippen LogP contribution in [0.25, 0.3) is 22.2 Å². The summed E-state index contributed by atoms with van der Waals surface area (Å²) in [4.78, 5) is 3.27. The molecule has 12 heteroatoms. The van der Waals surface area contributed by atoms with Gasteiger partial charge in [0.25, 0.3) is 5.82 Å². The molecule has 0 N–H and O–H groups in total. The Morgan fingerprint density at radius 2 is 1.70 bits per heavy atom. The van der Waals surface area contributed by atoms with Crippen molar-refractivity contribution in [2.24, 2.45) is 0 Å². The van der Waals surface area contributed by atoms with Gasteiger partial charge in [0, 0.05) is 11.6 Å². The molecule has 0 amide bonds. The molecule has 0 fully saturated rings. The van der Waals surface area contributed by atoms with Gasteiger partial charge >= 0.3 is 12.4 Å². The molecular weight excluding hydrogens is 400 g/mol. The van der Waals surface area contributed by atoms with E-state index in [1.165, 1.54) is 12.3 Å². The first-order valence-corrected chi connectivity index (χ1v) is 7.61. The zero-order valence-corrected chi connectivity index (χ0v) is 13.6. The maximum absolute atomic E-state index is 13.6. The molecule has 27 heavy (non-hydrogen) atoms.